The molecule has 0 aromatic heterocycles. The molecule has 0 amide bonds. The van der Waals surface area contributed by atoms with Crippen molar-refractivity contribution in [1.29, 1.82) is 0 Å². The Bertz CT molecular complexity index is 907. The normalized spacial score (nSPS) is 16.1. The van der Waals surface area contributed by atoms with Gasteiger partial charge in [0.05, 0.1) is 11.3 Å². The second kappa shape index (κ2) is 8.10. The second-order valence-corrected chi connectivity index (χ2v) is 8.47. The summed E-state index contributed by atoms with van der Waals surface area (Å²) in [5, 5.41) is 9.31. The molecule has 144 valence electrons. The third-order valence-corrected chi connectivity index (χ3v) is 6.39. The number of rotatable bonds is 6. The monoisotopic (exact) mass is 388 g/mol. The Hall–Kier alpha value is -2.38. The summed E-state index contributed by atoms with van der Waals surface area (Å²) in [7, 11) is -3.90. The number of hydrogen-bond donors (Lipinski definition) is 2. The highest BCUT2D eigenvalue weighted by Crippen LogP contribution is 2.30. The predicted molar refractivity (Wildman–Crippen MR) is 105 cm³/mol. The number of piperidine rings is 1. The Morgan fingerprint density at radius 1 is 1.07 bits per heavy atom. The minimum atomic E-state index is -3.90. The molecule has 1 aliphatic rings. The van der Waals surface area contributed by atoms with Gasteiger partial charge in [0.15, 0.2) is 0 Å². The van der Waals surface area contributed by atoms with E-state index in [0.717, 1.165) is 37.9 Å². The standard InChI is InChI=1S/C20H24N2O4S/c1-15(16-8-4-2-5-9-16)21-27(25,26)19-14-17(20(23)24)10-11-18(19)22-12-6-3-7-13-22/h2,4-5,8-11,14-15,21H,3,6-7,12-13H2,1H3,(H,23,24). The molecule has 1 unspecified atom stereocenters. The first kappa shape index (κ1) is 19.4. The minimum absolute atomic E-state index is 0.0204. The van der Waals surface area contributed by atoms with Gasteiger partial charge in [-0.1, -0.05) is 30.3 Å². The van der Waals surface area contributed by atoms with Crippen molar-refractivity contribution in [3.05, 3.63) is 59.7 Å². The van der Waals surface area contributed by atoms with Crippen LogP contribution in [0.3, 0.4) is 0 Å². The first-order chi connectivity index (χ1) is 12.9. The number of hydrogen-bond acceptors (Lipinski definition) is 4. The van der Waals surface area contributed by atoms with Crippen LogP contribution < -0.4 is 9.62 Å². The van der Waals surface area contributed by atoms with Crippen LogP contribution in [0.15, 0.2) is 53.4 Å². The molecule has 1 fully saturated rings. The average Bonchev–Trinajstić information content (AvgIpc) is 2.68. The molecule has 0 aliphatic carbocycles. The van der Waals surface area contributed by atoms with Crippen LogP contribution in [-0.2, 0) is 10.0 Å². The lowest BCUT2D eigenvalue weighted by atomic mass is 10.1. The van der Waals surface area contributed by atoms with Gasteiger partial charge in [0, 0.05) is 19.1 Å². The first-order valence-corrected chi connectivity index (χ1v) is 10.6. The molecule has 2 aromatic carbocycles. The smallest absolute Gasteiger partial charge is 0.335 e. The van der Waals surface area contributed by atoms with Gasteiger partial charge in [-0.05, 0) is 49.9 Å². The maximum absolute atomic E-state index is 13.1. The van der Waals surface area contributed by atoms with E-state index in [9.17, 15) is 18.3 Å². The molecule has 2 N–H and O–H groups in total. The number of nitrogens with zero attached hydrogens (tertiary/aromatic N) is 1. The molecule has 0 saturated carbocycles. The maximum atomic E-state index is 13.1. The van der Waals surface area contributed by atoms with Crippen molar-refractivity contribution in [2.75, 3.05) is 18.0 Å². The highest BCUT2D eigenvalue weighted by molar-refractivity contribution is 7.89. The third-order valence-electron chi connectivity index (χ3n) is 4.82. The molecule has 3 rings (SSSR count). The molecule has 0 radical (unpaired) electrons. The van der Waals surface area contributed by atoms with E-state index < -0.39 is 22.0 Å². The number of carboxylic acid groups (broad SMARTS) is 1. The summed E-state index contributed by atoms with van der Waals surface area (Å²) in [5.74, 6) is -1.15. The summed E-state index contributed by atoms with van der Waals surface area (Å²) in [6.07, 6.45) is 3.11. The van der Waals surface area contributed by atoms with Crippen LogP contribution >= 0.6 is 0 Å². The van der Waals surface area contributed by atoms with Crippen molar-refractivity contribution < 1.29 is 18.3 Å². The molecule has 1 saturated heterocycles. The van der Waals surface area contributed by atoms with Crippen LogP contribution in [-0.4, -0.2) is 32.6 Å². The molecule has 0 bridgehead atoms. The van der Waals surface area contributed by atoms with Crippen LogP contribution in [0.25, 0.3) is 0 Å². The maximum Gasteiger partial charge on any atom is 0.335 e. The highest BCUT2D eigenvalue weighted by Gasteiger charge is 2.26. The summed E-state index contributed by atoms with van der Waals surface area (Å²) in [4.78, 5) is 13.4. The van der Waals surface area contributed by atoms with Crippen LogP contribution in [0, 0.1) is 0 Å². The van der Waals surface area contributed by atoms with E-state index in [2.05, 4.69) is 4.72 Å². The van der Waals surface area contributed by atoms with Crippen molar-refractivity contribution in [2.45, 2.75) is 37.1 Å². The van der Waals surface area contributed by atoms with E-state index in [-0.39, 0.29) is 10.5 Å². The molecule has 0 spiro atoms. The summed E-state index contributed by atoms with van der Waals surface area (Å²) >= 11 is 0. The van der Waals surface area contributed by atoms with Crippen LogP contribution in [0.2, 0.25) is 0 Å². The van der Waals surface area contributed by atoms with Crippen LogP contribution in [0.1, 0.15) is 48.1 Å². The predicted octanol–water partition coefficient (Wildman–Crippen LogP) is 3.41. The lowest BCUT2D eigenvalue weighted by Crippen LogP contribution is -2.33. The summed E-state index contributed by atoms with van der Waals surface area (Å²) in [5.41, 5.74) is 1.37. The van der Waals surface area contributed by atoms with E-state index >= 15 is 0 Å². The lowest BCUT2D eigenvalue weighted by Gasteiger charge is -2.30. The molecular formula is C20H24N2O4S. The van der Waals surface area contributed by atoms with Gasteiger partial charge in [-0.3, -0.25) is 0 Å². The van der Waals surface area contributed by atoms with Gasteiger partial charge in [0.2, 0.25) is 10.0 Å². The Morgan fingerprint density at radius 2 is 1.74 bits per heavy atom. The average molecular weight is 388 g/mol. The zero-order valence-corrected chi connectivity index (χ0v) is 16.1. The van der Waals surface area contributed by atoms with E-state index in [0.29, 0.717) is 5.69 Å². The molecular weight excluding hydrogens is 364 g/mol. The second-order valence-electron chi connectivity index (χ2n) is 6.79. The fourth-order valence-electron chi connectivity index (χ4n) is 3.36. The highest BCUT2D eigenvalue weighted by atomic mass is 32.2. The Balaban J connectivity index is 1.98. The van der Waals surface area contributed by atoms with Crippen molar-refractivity contribution >= 4 is 21.7 Å². The van der Waals surface area contributed by atoms with Crippen molar-refractivity contribution in [3.8, 4) is 0 Å². The molecule has 27 heavy (non-hydrogen) atoms. The van der Waals surface area contributed by atoms with Crippen molar-refractivity contribution in [1.82, 2.24) is 4.72 Å². The van der Waals surface area contributed by atoms with Gasteiger partial charge in [-0.25, -0.2) is 17.9 Å². The molecule has 1 aliphatic heterocycles. The van der Waals surface area contributed by atoms with Gasteiger partial charge in [0.25, 0.3) is 0 Å². The summed E-state index contributed by atoms with van der Waals surface area (Å²) < 4.78 is 28.9. The van der Waals surface area contributed by atoms with Gasteiger partial charge < -0.3 is 10.0 Å². The molecule has 1 heterocycles. The van der Waals surface area contributed by atoms with Gasteiger partial charge in [-0.2, -0.15) is 0 Å². The van der Waals surface area contributed by atoms with Crippen molar-refractivity contribution in [2.24, 2.45) is 0 Å². The van der Waals surface area contributed by atoms with E-state index in [1.807, 2.05) is 35.2 Å². The fourth-order valence-corrected chi connectivity index (χ4v) is 4.85. The number of carbonyl (C=O) groups is 1. The number of carboxylic acids is 1. The Kier molecular flexibility index (Phi) is 5.82. The fraction of sp³-hybridized carbons (Fsp3) is 0.350. The van der Waals surface area contributed by atoms with Crippen molar-refractivity contribution in [3.63, 3.8) is 0 Å². The van der Waals surface area contributed by atoms with Gasteiger partial charge in [0.1, 0.15) is 4.90 Å². The third kappa shape index (κ3) is 4.48. The Labute approximate surface area is 159 Å². The SMILES string of the molecule is CC(NS(=O)(=O)c1cc(C(=O)O)ccc1N1CCCCC1)c1ccccc1. The first-order valence-electron chi connectivity index (χ1n) is 9.08. The molecule has 2 aromatic rings. The van der Waals surface area contributed by atoms with E-state index in [1.54, 1.807) is 13.0 Å². The minimum Gasteiger partial charge on any atom is -0.478 e. The summed E-state index contributed by atoms with van der Waals surface area (Å²) in [6, 6.07) is 13.2. The molecule has 1 atom stereocenters. The van der Waals surface area contributed by atoms with Crippen LogP contribution in [0.5, 0.6) is 0 Å². The number of aromatic carboxylic acids is 1. The van der Waals surface area contributed by atoms with E-state index in [4.69, 9.17) is 0 Å². The van der Waals surface area contributed by atoms with Crippen LogP contribution in [0.4, 0.5) is 5.69 Å². The number of nitrogens with one attached hydrogen (secondary N) is 1. The number of benzene rings is 2. The summed E-state index contributed by atoms with van der Waals surface area (Å²) in [6.45, 7) is 3.31. The van der Waals surface area contributed by atoms with E-state index in [1.165, 1.54) is 12.1 Å². The van der Waals surface area contributed by atoms with Gasteiger partial charge in [-0.15, -0.1) is 0 Å². The zero-order chi connectivity index (χ0) is 19.4. The number of sulfonamides is 1. The Morgan fingerprint density at radius 3 is 2.37 bits per heavy atom. The largest absolute Gasteiger partial charge is 0.478 e. The lowest BCUT2D eigenvalue weighted by molar-refractivity contribution is 0.0696. The molecule has 6 nitrogen and oxygen atoms in total. The quantitative estimate of drug-likeness (QED) is 0.792. The zero-order valence-electron chi connectivity index (χ0n) is 15.3. The number of anilines is 1. The topological polar surface area (TPSA) is 86.7 Å². The molecule has 7 heteroatoms. The van der Waals surface area contributed by atoms with Gasteiger partial charge >= 0.3 is 5.97 Å².